The second kappa shape index (κ2) is 7.84. The van der Waals surface area contributed by atoms with Gasteiger partial charge in [0.1, 0.15) is 10.0 Å². The van der Waals surface area contributed by atoms with Crippen molar-refractivity contribution in [2.45, 2.75) is 13.8 Å². The van der Waals surface area contributed by atoms with Crippen LogP contribution in [0, 0.1) is 13.8 Å². The van der Waals surface area contributed by atoms with Crippen LogP contribution in [0.4, 0.5) is 31.2 Å². The highest BCUT2D eigenvalue weighted by molar-refractivity contribution is 7.15. The zero-order chi connectivity index (χ0) is 18.5. The Morgan fingerprint density at radius 1 is 0.692 bits per heavy atom. The number of rotatable bonds is 4. The number of amides is 4. The molecule has 10 nitrogen and oxygen atoms in total. The van der Waals surface area contributed by atoms with Gasteiger partial charge in [0.05, 0.1) is 0 Å². The minimum atomic E-state index is -0.425. The quantitative estimate of drug-likeness (QED) is 0.540. The van der Waals surface area contributed by atoms with Crippen molar-refractivity contribution >= 4 is 56.4 Å². The SMILES string of the molecule is Cc1nnc(NC(=O)Nc2ccc(NC(=O)Nc3nnc(C)s3)cc2)s1. The Bertz CT molecular complexity index is 846. The normalized spacial score (nSPS) is 10.2. The van der Waals surface area contributed by atoms with E-state index < -0.39 is 12.1 Å². The van der Waals surface area contributed by atoms with E-state index in [0.717, 1.165) is 10.0 Å². The van der Waals surface area contributed by atoms with Crippen molar-refractivity contribution in [3.05, 3.63) is 34.3 Å². The molecule has 0 bridgehead atoms. The lowest BCUT2D eigenvalue weighted by Crippen LogP contribution is -2.20. The van der Waals surface area contributed by atoms with Gasteiger partial charge in [0.15, 0.2) is 0 Å². The van der Waals surface area contributed by atoms with Gasteiger partial charge in [0.25, 0.3) is 0 Å². The Morgan fingerprint density at radius 3 is 1.38 bits per heavy atom. The predicted octanol–water partition coefficient (Wildman–Crippen LogP) is 3.29. The molecule has 0 spiro atoms. The van der Waals surface area contributed by atoms with Crippen LogP contribution in [0.3, 0.4) is 0 Å². The Morgan fingerprint density at radius 2 is 1.08 bits per heavy atom. The fourth-order valence-corrected chi connectivity index (χ4v) is 3.02. The van der Waals surface area contributed by atoms with Gasteiger partial charge in [0, 0.05) is 11.4 Å². The zero-order valence-corrected chi connectivity index (χ0v) is 15.4. The van der Waals surface area contributed by atoms with Gasteiger partial charge < -0.3 is 10.6 Å². The molecule has 0 unspecified atom stereocenters. The van der Waals surface area contributed by atoms with Crippen LogP contribution < -0.4 is 21.3 Å². The van der Waals surface area contributed by atoms with E-state index in [9.17, 15) is 9.59 Å². The summed E-state index contributed by atoms with van der Waals surface area (Å²) in [6.07, 6.45) is 0. The third kappa shape index (κ3) is 4.94. The topological polar surface area (TPSA) is 134 Å². The van der Waals surface area contributed by atoms with Crippen molar-refractivity contribution in [1.82, 2.24) is 20.4 Å². The fraction of sp³-hybridized carbons (Fsp3) is 0.143. The summed E-state index contributed by atoms with van der Waals surface area (Å²) in [4.78, 5) is 23.8. The molecule has 4 amide bonds. The number of hydrogen-bond donors (Lipinski definition) is 4. The Labute approximate surface area is 156 Å². The molecule has 0 aliphatic heterocycles. The molecule has 2 aromatic heterocycles. The molecule has 0 saturated carbocycles. The maximum Gasteiger partial charge on any atom is 0.325 e. The second-order valence-electron chi connectivity index (χ2n) is 4.99. The van der Waals surface area contributed by atoms with Gasteiger partial charge in [0.2, 0.25) is 10.3 Å². The molecular formula is C14H14N8O2S2. The van der Waals surface area contributed by atoms with Crippen molar-refractivity contribution < 1.29 is 9.59 Å². The van der Waals surface area contributed by atoms with Crippen LogP contribution in [0.1, 0.15) is 10.0 Å². The third-order valence-corrected chi connectivity index (χ3v) is 4.40. The molecule has 134 valence electrons. The van der Waals surface area contributed by atoms with E-state index in [1.807, 2.05) is 0 Å². The molecule has 4 N–H and O–H groups in total. The molecule has 0 atom stereocenters. The van der Waals surface area contributed by atoms with Crippen molar-refractivity contribution in [2.24, 2.45) is 0 Å². The molecule has 2 heterocycles. The maximum absolute atomic E-state index is 11.9. The lowest BCUT2D eigenvalue weighted by molar-refractivity contribution is 0.261. The Balaban J connectivity index is 1.51. The second-order valence-corrected chi connectivity index (χ2v) is 7.35. The fourth-order valence-electron chi connectivity index (χ4n) is 1.85. The summed E-state index contributed by atoms with van der Waals surface area (Å²) in [7, 11) is 0. The zero-order valence-electron chi connectivity index (χ0n) is 13.7. The van der Waals surface area contributed by atoms with Gasteiger partial charge in [-0.05, 0) is 38.1 Å². The van der Waals surface area contributed by atoms with Crippen molar-refractivity contribution in [2.75, 3.05) is 21.3 Å². The van der Waals surface area contributed by atoms with Crippen LogP contribution >= 0.6 is 22.7 Å². The van der Waals surface area contributed by atoms with E-state index in [1.165, 1.54) is 22.7 Å². The van der Waals surface area contributed by atoms with Crippen LogP contribution in [0.25, 0.3) is 0 Å². The van der Waals surface area contributed by atoms with E-state index in [-0.39, 0.29) is 0 Å². The first-order chi connectivity index (χ1) is 12.5. The molecule has 0 saturated heterocycles. The van der Waals surface area contributed by atoms with Crippen molar-refractivity contribution in [3.8, 4) is 0 Å². The number of nitrogens with zero attached hydrogens (tertiary/aromatic N) is 4. The summed E-state index contributed by atoms with van der Waals surface area (Å²) >= 11 is 2.56. The van der Waals surface area contributed by atoms with Crippen LogP contribution in [-0.4, -0.2) is 32.5 Å². The summed E-state index contributed by atoms with van der Waals surface area (Å²) in [5.41, 5.74) is 1.13. The number of benzene rings is 1. The number of carbonyl (C=O) groups is 2. The standard InChI is InChI=1S/C14H14N8O2S2/c1-7-19-21-13(25-7)17-11(23)15-9-3-5-10(6-4-9)16-12(24)18-14-22-20-8(2)26-14/h3-6H,1-2H3,(H2,15,17,21,23)(H2,16,18,22,24). The molecule has 1 aromatic carbocycles. The molecule has 12 heteroatoms. The van der Waals surface area contributed by atoms with Gasteiger partial charge in [-0.3, -0.25) is 10.6 Å². The first-order valence-corrected chi connectivity index (χ1v) is 8.97. The van der Waals surface area contributed by atoms with Crippen LogP contribution in [0.5, 0.6) is 0 Å². The maximum atomic E-state index is 11.9. The third-order valence-electron chi connectivity index (χ3n) is 2.89. The van der Waals surface area contributed by atoms with E-state index in [1.54, 1.807) is 38.1 Å². The first kappa shape index (κ1) is 17.7. The van der Waals surface area contributed by atoms with Crippen molar-refractivity contribution in [3.63, 3.8) is 0 Å². The van der Waals surface area contributed by atoms with E-state index >= 15 is 0 Å². The van der Waals surface area contributed by atoms with E-state index in [2.05, 4.69) is 41.7 Å². The Hall–Kier alpha value is -3.12. The summed E-state index contributed by atoms with van der Waals surface area (Å²) in [5, 5.41) is 28.1. The Kier molecular flexibility index (Phi) is 5.34. The minimum Gasteiger partial charge on any atom is -0.308 e. The summed E-state index contributed by atoms with van der Waals surface area (Å²) in [6, 6.07) is 5.80. The van der Waals surface area contributed by atoms with Crippen LogP contribution in [-0.2, 0) is 0 Å². The number of aryl methyl sites for hydroxylation is 2. The number of carbonyl (C=O) groups excluding carboxylic acids is 2. The summed E-state index contributed by atoms with van der Waals surface area (Å²) < 4.78 is 0. The molecule has 3 aromatic rings. The van der Waals surface area contributed by atoms with Gasteiger partial charge in [-0.1, -0.05) is 22.7 Å². The highest BCUT2D eigenvalue weighted by Gasteiger charge is 2.08. The predicted molar refractivity (Wildman–Crippen MR) is 101 cm³/mol. The van der Waals surface area contributed by atoms with Gasteiger partial charge >= 0.3 is 12.1 Å². The number of nitrogens with one attached hydrogen (secondary N) is 4. The summed E-state index contributed by atoms with van der Waals surface area (Å²) in [5.74, 6) is 0. The average molecular weight is 390 g/mol. The smallest absolute Gasteiger partial charge is 0.308 e. The minimum absolute atomic E-state index is 0.418. The number of hydrogen-bond acceptors (Lipinski definition) is 8. The average Bonchev–Trinajstić information content (AvgIpc) is 3.17. The number of anilines is 4. The van der Waals surface area contributed by atoms with E-state index in [0.29, 0.717) is 21.6 Å². The molecule has 3 rings (SSSR count). The molecule has 26 heavy (non-hydrogen) atoms. The highest BCUT2D eigenvalue weighted by Crippen LogP contribution is 2.17. The molecule has 0 fully saturated rings. The van der Waals surface area contributed by atoms with Crippen LogP contribution in [0.15, 0.2) is 24.3 Å². The van der Waals surface area contributed by atoms with Gasteiger partial charge in [-0.2, -0.15) is 0 Å². The largest absolute Gasteiger partial charge is 0.325 e. The van der Waals surface area contributed by atoms with E-state index in [4.69, 9.17) is 0 Å². The van der Waals surface area contributed by atoms with Gasteiger partial charge in [-0.25, -0.2) is 9.59 Å². The lowest BCUT2D eigenvalue weighted by atomic mass is 10.3. The van der Waals surface area contributed by atoms with Crippen molar-refractivity contribution in [1.29, 1.82) is 0 Å². The molecule has 0 aliphatic rings. The van der Waals surface area contributed by atoms with Crippen LogP contribution in [0.2, 0.25) is 0 Å². The number of aromatic nitrogens is 4. The molecule has 0 aliphatic carbocycles. The number of urea groups is 2. The summed E-state index contributed by atoms with van der Waals surface area (Å²) in [6.45, 7) is 3.60. The monoisotopic (exact) mass is 390 g/mol. The molecule has 0 radical (unpaired) electrons. The molecular weight excluding hydrogens is 376 g/mol. The first-order valence-electron chi connectivity index (χ1n) is 7.34. The highest BCUT2D eigenvalue weighted by atomic mass is 32.1. The lowest BCUT2D eigenvalue weighted by Gasteiger charge is -2.08. The van der Waals surface area contributed by atoms with Gasteiger partial charge in [-0.15, -0.1) is 20.4 Å².